The third kappa shape index (κ3) is 4.94. The van der Waals surface area contributed by atoms with E-state index in [0.717, 1.165) is 12.8 Å². The molecule has 136 valence electrons. The Balaban J connectivity index is 1.50. The lowest BCUT2D eigenvalue weighted by Crippen LogP contribution is -2.30. The molecule has 0 aliphatic heterocycles. The quantitative estimate of drug-likeness (QED) is 0.740. The molecule has 0 unspecified atom stereocenters. The SMILES string of the molecule is C[C@H]1C[C@@H]1C(=O)OCC(=O)NCCC(c1ccccc1)c1ccccc1. The fraction of sp³-hybridized carbons (Fsp3) is 0.364. The maximum absolute atomic E-state index is 11.9. The lowest BCUT2D eigenvalue weighted by atomic mass is 9.88. The van der Waals surface area contributed by atoms with Crippen LogP contribution in [0.2, 0.25) is 0 Å². The summed E-state index contributed by atoms with van der Waals surface area (Å²) in [6.07, 6.45) is 1.66. The smallest absolute Gasteiger partial charge is 0.309 e. The summed E-state index contributed by atoms with van der Waals surface area (Å²) in [6, 6.07) is 20.6. The van der Waals surface area contributed by atoms with Crippen LogP contribution in [0.1, 0.15) is 36.8 Å². The van der Waals surface area contributed by atoms with E-state index in [2.05, 4.69) is 29.6 Å². The highest BCUT2D eigenvalue weighted by Gasteiger charge is 2.40. The van der Waals surface area contributed by atoms with Crippen LogP contribution in [0.25, 0.3) is 0 Å². The van der Waals surface area contributed by atoms with E-state index >= 15 is 0 Å². The summed E-state index contributed by atoms with van der Waals surface area (Å²) < 4.78 is 5.07. The molecule has 2 atom stereocenters. The standard InChI is InChI=1S/C22H25NO3/c1-16-14-20(16)22(25)26-15-21(24)23-13-12-19(17-8-4-2-5-9-17)18-10-6-3-7-11-18/h2-11,16,19-20H,12-15H2,1H3,(H,23,24)/t16-,20-/m0/s1. The Morgan fingerprint density at radius 1 is 1.04 bits per heavy atom. The lowest BCUT2D eigenvalue weighted by Gasteiger charge is -2.18. The predicted octanol–water partition coefficient (Wildman–Crippen LogP) is 3.52. The second kappa shape index (κ2) is 8.65. The molecule has 0 saturated heterocycles. The Morgan fingerprint density at radius 2 is 1.58 bits per heavy atom. The van der Waals surface area contributed by atoms with E-state index in [9.17, 15) is 9.59 Å². The first-order valence-electron chi connectivity index (χ1n) is 9.18. The molecule has 0 radical (unpaired) electrons. The molecule has 1 amide bonds. The average Bonchev–Trinajstić information content (AvgIpc) is 3.41. The largest absolute Gasteiger partial charge is 0.455 e. The van der Waals surface area contributed by atoms with Crippen molar-refractivity contribution in [2.45, 2.75) is 25.7 Å². The van der Waals surface area contributed by atoms with Gasteiger partial charge in [-0.2, -0.15) is 0 Å². The Kier molecular flexibility index (Phi) is 6.05. The predicted molar refractivity (Wildman–Crippen MR) is 101 cm³/mol. The van der Waals surface area contributed by atoms with Gasteiger partial charge in [0.1, 0.15) is 0 Å². The topological polar surface area (TPSA) is 55.4 Å². The number of benzene rings is 2. The minimum absolute atomic E-state index is 0.0108. The number of amides is 1. The minimum Gasteiger partial charge on any atom is -0.455 e. The van der Waals surface area contributed by atoms with Gasteiger partial charge in [0.2, 0.25) is 0 Å². The van der Waals surface area contributed by atoms with Gasteiger partial charge in [0, 0.05) is 12.5 Å². The first kappa shape index (κ1) is 18.2. The first-order chi connectivity index (χ1) is 12.6. The molecule has 1 aliphatic carbocycles. The summed E-state index contributed by atoms with van der Waals surface area (Å²) in [6.45, 7) is 2.35. The molecule has 0 heterocycles. The first-order valence-corrected chi connectivity index (χ1v) is 9.18. The highest BCUT2D eigenvalue weighted by molar-refractivity contribution is 5.82. The van der Waals surface area contributed by atoms with Gasteiger partial charge >= 0.3 is 5.97 Å². The van der Waals surface area contributed by atoms with E-state index in [1.54, 1.807) is 0 Å². The van der Waals surface area contributed by atoms with Gasteiger partial charge in [-0.15, -0.1) is 0 Å². The van der Waals surface area contributed by atoms with Crippen LogP contribution in [0.5, 0.6) is 0 Å². The van der Waals surface area contributed by atoms with Crippen molar-refractivity contribution in [1.29, 1.82) is 0 Å². The molecule has 0 bridgehead atoms. The van der Waals surface area contributed by atoms with Gasteiger partial charge in [0.25, 0.3) is 5.91 Å². The van der Waals surface area contributed by atoms with Crippen molar-refractivity contribution >= 4 is 11.9 Å². The molecule has 4 nitrogen and oxygen atoms in total. The molecule has 1 aliphatic rings. The minimum atomic E-state index is -0.251. The van der Waals surface area contributed by atoms with Crippen LogP contribution in [-0.2, 0) is 14.3 Å². The number of rotatable bonds is 8. The molecule has 2 aromatic rings. The van der Waals surface area contributed by atoms with Gasteiger partial charge in [0.15, 0.2) is 6.61 Å². The van der Waals surface area contributed by atoms with Gasteiger partial charge < -0.3 is 10.1 Å². The van der Waals surface area contributed by atoms with Crippen LogP contribution in [0.4, 0.5) is 0 Å². The molecule has 0 spiro atoms. The van der Waals surface area contributed by atoms with Crippen LogP contribution in [0, 0.1) is 11.8 Å². The Bertz CT molecular complexity index is 690. The summed E-state index contributed by atoms with van der Waals surface area (Å²) in [5.74, 6) is 0.101. The number of carbonyl (C=O) groups is 2. The number of hydrogen-bond donors (Lipinski definition) is 1. The Hall–Kier alpha value is -2.62. The summed E-state index contributed by atoms with van der Waals surface area (Å²) >= 11 is 0. The fourth-order valence-electron chi connectivity index (χ4n) is 3.20. The van der Waals surface area contributed by atoms with Crippen LogP contribution in [0.3, 0.4) is 0 Å². The lowest BCUT2D eigenvalue weighted by molar-refractivity contribution is -0.150. The average molecular weight is 351 g/mol. The van der Waals surface area contributed by atoms with Crippen molar-refractivity contribution in [3.05, 3.63) is 71.8 Å². The number of hydrogen-bond acceptors (Lipinski definition) is 3. The van der Waals surface area contributed by atoms with E-state index in [4.69, 9.17) is 4.74 Å². The summed E-state index contributed by atoms with van der Waals surface area (Å²) in [5, 5.41) is 2.86. The molecular weight excluding hydrogens is 326 g/mol. The highest BCUT2D eigenvalue weighted by Crippen LogP contribution is 2.38. The van der Waals surface area contributed by atoms with Crippen LogP contribution in [0.15, 0.2) is 60.7 Å². The molecule has 4 heteroatoms. The van der Waals surface area contributed by atoms with Gasteiger partial charge in [-0.25, -0.2) is 0 Å². The van der Waals surface area contributed by atoms with Gasteiger partial charge in [-0.05, 0) is 29.9 Å². The van der Waals surface area contributed by atoms with Crippen molar-refractivity contribution in [3.63, 3.8) is 0 Å². The van der Waals surface area contributed by atoms with Crippen molar-refractivity contribution in [2.75, 3.05) is 13.2 Å². The molecule has 1 N–H and O–H groups in total. The monoisotopic (exact) mass is 351 g/mol. The second-order valence-corrected chi connectivity index (χ2v) is 6.94. The molecule has 26 heavy (non-hydrogen) atoms. The number of esters is 1. The molecule has 3 rings (SSSR count). The second-order valence-electron chi connectivity index (χ2n) is 6.94. The van der Waals surface area contributed by atoms with Crippen molar-refractivity contribution in [2.24, 2.45) is 11.8 Å². The normalized spacial score (nSPS) is 18.4. The van der Waals surface area contributed by atoms with E-state index < -0.39 is 0 Å². The van der Waals surface area contributed by atoms with Crippen molar-refractivity contribution < 1.29 is 14.3 Å². The zero-order valence-electron chi connectivity index (χ0n) is 15.1. The maximum Gasteiger partial charge on any atom is 0.309 e. The fourth-order valence-corrected chi connectivity index (χ4v) is 3.20. The Morgan fingerprint density at radius 3 is 2.08 bits per heavy atom. The third-order valence-corrected chi connectivity index (χ3v) is 4.92. The van der Waals surface area contributed by atoms with E-state index in [1.807, 2.05) is 43.3 Å². The van der Waals surface area contributed by atoms with Crippen LogP contribution >= 0.6 is 0 Å². The van der Waals surface area contributed by atoms with E-state index in [1.165, 1.54) is 11.1 Å². The zero-order valence-corrected chi connectivity index (χ0v) is 15.1. The van der Waals surface area contributed by atoms with Crippen LogP contribution < -0.4 is 5.32 Å². The molecule has 2 aromatic carbocycles. The third-order valence-electron chi connectivity index (χ3n) is 4.92. The van der Waals surface area contributed by atoms with E-state index in [-0.39, 0.29) is 30.3 Å². The summed E-state index contributed by atoms with van der Waals surface area (Å²) in [7, 11) is 0. The van der Waals surface area contributed by atoms with Gasteiger partial charge in [-0.3, -0.25) is 9.59 Å². The Labute approximate surface area is 154 Å². The summed E-state index contributed by atoms with van der Waals surface area (Å²) in [5.41, 5.74) is 2.45. The van der Waals surface area contributed by atoms with Crippen molar-refractivity contribution in [1.82, 2.24) is 5.32 Å². The molecule has 0 aromatic heterocycles. The van der Waals surface area contributed by atoms with Crippen molar-refractivity contribution in [3.8, 4) is 0 Å². The number of nitrogens with one attached hydrogen (secondary N) is 1. The zero-order chi connectivity index (χ0) is 18.4. The maximum atomic E-state index is 11.9. The van der Waals surface area contributed by atoms with Crippen LogP contribution in [-0.4, -0.2) is 25.0 Å². The molecule has 1 saturated carbocycles. The highest BCUT2D eigenvalue weighted by atomic mass is 16.5. The number of carbonyl (C=O) groups excluding carboxylic acids is 2. The molecule has 1 fully saturated rings. The number of ether oxygens (including phenoxy) is 1. The van der Waals surface area contributed by atoms with Gasteiger partial charge in [0.05, 0.1) is 5.92 Å². The van der Waals surface area contributed by atoms with E-state index in [0.29, 0.717) is 12.5 Å². The summed E-state index contributed by atoms with van der Waals surface area (Å²) in [4.78, 5) is 23.6. The van der Waals surface area contributed by atoms with Gasteiger partial charge in [-0.1, -0.05) is 67.6 Å². The molecular formula is C22H25NO3.